The first kappa shape index (κ1) is 70.5. The van der Waals surface area contributed by atoms with Crippen LogP contribution in [0.25, 0.3) is 0 Å². The Bertz CT molecular complexity index is 2010. The highest BCUT2D eigenvalue weighted by Gasteiger charge is 2.49. The number of aliphatic hydroxyl groups excluding tert-OH is 1. The van der Waals surface area contributed by atoms with Crippen LogP contribution >= 0.6 is 37.2 Å². The van der Waals surface area contributed by atoms with E-state index in [0.29, 0.717) is 39.1 Å². The molecular formula is C57H106O19P2S2. The van der Waals surface area contributed by atoms with Crippen LogP contribution in [0.4, 0.5) is 0 Å². The minimum absolute atomic E-state index is 0.0000656. The lowest BCUT2D eigenvalue weighted by atomic mass is 9.99. The molecule has 0 amide bonds. The van der Waals surface area contributed by atoms with Gasteiger partial charge in [-0.2, -0.15) is 0 Å². The number of phosphoric acid groups is 2. The van der Waals surface area contributed by atoms with Crippen LogP contribution in [0.1, 0.15) is 124 Å². The Hall–Kier alpha value is -0.300. The molecule has 19 nitrogen and oxygen atoms in total. The third-order valence-electron chi connectivity index (χ3n) is 15.6. The molecule has 80 heavy (non-hydrogen) atoms. The fourth-order valence-corrected chi connectivity index (χ4v) is 15.3. The van der Waals surface area contributed by atoms with E-state index < -0.39 is 27.9 Å². The monoisotopic (exact) mass is 1220 g/mol. The summed E-state index contributed by atoms with van der Waals surface area (Å²) < 4.78 is 133. The van der Waals surface area contributed by atoms with Crippen LogP contribution in [0.2, 0.25) is 0 Å². The second kappa shape index (κ2) is 36.1. The van der Waals surface area contributed by atoms with Crippen molar-refractivity contribution in [2.45, 2.75) is 224 Å². The molecule has 5 aliphatic rings. The number of benzene rings is 1. The Kier molecular flexibility index (Phi) is 31.8. The average Bonchev–Trinajstić information content (AvgIpc) is 4.27. The molecule has 0 aliphatic carbocycles. The molecule has 6 rings (SSSR count). The van der Waals surface area contributed by atoms with Crippen molar-refractivity contribution in [3.63, 3.8) is 0 Å². The topological polar surface area (TPSA) is 202 Å². The van der Waals surface area contributed by atoms with Crippen molar-refractivity contribution in [2.75, 3.05) is 82.3 Å². The Morgan fingerprint density at radius 1 is 0.575 bits per heavy atom. The highest BCUT2D eigenvalue weighted by atomic mass is 33.1. The Labute approximate surface area is 492 Å². The largest absolute Gasteiger partial charge is 0.475 e. The molecule has 5 saturated heterocycles. The van der Waals surface area contributed by atoms with Gasteiger partial charge < -0.3 is 52.5 Å². The average molecular weight is 1220 g/mol. The summed E-state index contributed by atoms with van der Waals surface area (Å²) in [7, 11) is 5.23. The van der Waals surface area contributed by atoms with E-state index in [-0.39, 0.29) is 128 Å². The molecule has 23 heteroatoms. The van der Waals surface area contributed by atoms with Gasteiger partial charge in [0.2, 0.25) is 1.43 Å². The van der Waals surface area contributed by atoms with E-state index >= 15 is 0 Å². The van der Waals surface area contributed by atoms with E-state index in [1.807, 2.05) is 78.3 Å². The zero-order valence-electron chi connectivity index (χ0n) is 53.9. The molecule has 0 bridgehead atoms. The summed E-state index contributed by atoms with van der Waals surface area (Å²) in [4.78, 5) is 1.16. The predicted octanol–water partition coefficient (Wildman–Crippen LogP) is 11.7. The number of rotatable bonds is 27. The summed E-state index contributed by atoms with van der Waals surface area (Å²) in [5.41, 5.74) is 1.12. The molecular weight excluding hydrogens is 1110 g/mol. The Morgan fingerprint density at radius 2 is 0.963 bits per heavy atom. The first-order valence-corrected chi connectivity index (χ1v) is 33.5. The van der Waals surface area contributed by atoms with Gasteiger partial charge in [-0.25, -0.2) is 9.13 Å². The van der Waals surface area contributed by atoms with Crippen LogP contribution in [-0.2, 0) is 90.1 Å². The first-order valence-electron chi connectivity index (χ1n) is 29.6. The maximum atomic E-state index is 14.1. The minimum Gasteiger partial charge on any atom is -0.400 e. The molecule has 5 aliphatic heterocycles. The van der Waals surface area contributed by atoms with Gasteiger partial charge in [0.1, 0.15) is 36.6 Å². The lowest BCUT2D eigenvalue weighted by molar-refractivity contribution is -0.0494. The lowest BCUT2D eigenvalue weighted by Gasteiger charge is -2.28. The SMILES string of the molecule is CCCCOP(=O)(OCC1OC(C)C(C)C1OC)OC1C(COC)OC(C)C1C.COCC1OC(C)C(C)C1OP(=O)(OCCc1ccccc1SSC(C)(C)C)OCC1OC(C)C(C)C1OC.[2H]CC1OC(C)C(C)C1OC.[3H]OC. The molecule has 22 unspecified atom stereocenters. The van der Waals surface area contributed by atoms with Crippen molar-refractivity contribution in [2.24, 2.45) is 29.6 Å². The standard InChI is InChI=1S/C28H47O8PS2.C20H39O8P.C8H16O2.CH4O/c1-18-20(3)35-24(26(18)31-9)17-33-37(29,36-27-19(2)21(4)34-23(27)16-30-8)32-15-14-22-12-10-11-13-25(22)38-39-28(5,6)7;1-8-9-10-24-29(21,25-12-18-19(23-7)13(2)15(4)27-18)28-20-14(3)16(5)26-17(20)11-22-6;1-5-6(2)10-7(3)8(5)9-4;1-2/h10-13,18-21,23-24,26-27H,14-17H2,1-9H3;13-20H,8-12H2,1-7H3;5-8H,1-4H3;2H,1H3/i;;3D;2T. The molecule has 0 radical (unpaired) electrons. The summed E-state index contributed by atoms with van der Waals surface area (Å²) in [5.74, 6) is 0.809. The van der Waals surface area contributed by atoms with E-state index in [1.165, 1.54) is 7.11 Å². The normalized spacial score (nSPS) is 36.9. The van der Waals surface area contributed by atoms with Crippen molar-refractivity contribution in [1.29, 1.82) is 1.43 Å². The third kappa shape index (κ3) is 22.1. The zero-order valence-corrected chi connectivity index (χ0v) is 55.3. The molecule has 470 valence electrons. The quantitative estimate of drug-likeness (QED) is 0.0494. The number of hydrogen-bond donors (Lipinski definition) is 1. The fraction of sp³-hybridized carbons (Fsp3) is 0.895. The number of unbranched alkanes of at least 4 members (excludes halogenated alkanes) is 1. The Balaban J connectivity index is 0.000000357. The first-order chi connectivity index (χ1) is 38.7. The second-order valence-corrected chi connectivity index (χ2v) is 28.7. The number of methoxy groups -OCH3 is 5. The number of aliphatic hydroxyl groups is 1. The summed E-state index contributed by atoms with van der Waals surface area (Å²) in [6, 6.07) is 8.21. The van der Waals surface area contributed by atoms with Gasteiger partial charge >= 0.3 is 15.6 Å². The van der Waals surface area contributed by atoms with Crippen LogP contribution in [0, 0.1) is 29.6 Å². The van der Waals surface area contributed by atoms with E-state index in [9.17, 15) is 9.13 Å². The van der Waals surface area contributed by atoms with Crippen LogP contribution in [0.15, 0.2) is 29.2 Å². The molecule has 1 N–H and O–H groups in total. The molecule has 1 aromatic rings. The molecule has 0 saturated carbocycles. The van der Waals surface area contributed by atoms with Gasteiger partial charge in [0.15, 0.2) is 0 Å². The fourth-order valence-electron chi connectivity index (χ4n) is 10.1. The summed E-state index contributed by atoms with van der Waals surface area (Å²) >= 11 is 0. The maximum Gasteiger partial charge on any atom is 0.475 e. The van der Waals surface area contributed by atoms with Crippen LogP contribution in [0.3, 0.4) is 0 Å². The lowest BCUT2D eigenvalue weighted by Crippen LogP contribution is -2.34. The number of ether oxygens (including phenoxy) is 10. The zero-order chi connectivity index (χ0) is 61.5. The molecule has 1 aromatic carbocycles. The highest BCUT2D eigenvalue weighted by molar-refractivity contribution is 8.77. The van der Waals surface area contributed by atoms with Gasteiger partial charge in [0.25, 0.3) is 0 Å². The van der Waals surface area contributed by atoms with Crippen molar-refractivity contribution < 1.29 is 90.1 Å². The third-order valence-corrected chi connectivity index (χ3v) is 21.9. The molecule has 22 atom stereocenters. The maximum absolute atomic E-state index is 14.1. The van der Waals surface area contributed by atoms with Gasteiger partial charge in [-0.05, 0) is 66.0 Å². The molecule has 0 aromatic heterocycles. The minimum atomic E-state index is -4.00. The molecule has 5 fully saturated rings. The van der Waals surface area contributed by atoms with E-state index in [1.54, 1.807) is 46.3 Å². The van der Waals surface area contributed by atoms with Crippen LogP contribution in [-0.4, -0.2) is 185 Å². The van der Waals surface area contributed by atoms with Crippen molar-refractivity contribution in [3.05, 3.63) is 29.8 Å². The van der Waals surface area contributed by atoms with E-state index in [0.717, 1.165) is 23.3 Å². The van der Waals surface area contributed by atoms with Crippen molar-refractivity contribution in [1.82, 2.24) is 0 Å². The molecule has 0 spiro atoms. The van der Waals surface area contributed by atoms with E-state index in [4.69, 9.17) is 77.3 Å². The van der Waals surface area contributed by atoms with Crippen molar-refractivity contribution in [3.8, 4) is 0 Å². The van der Waals surface area contributed by atoms with Gasteiger partial charge in [0, 0.05) is 83.3 Å². The summed E-state index contributed by atoms with van der Waals surface area (Å²) in [6.45, 7) is 30.4. The second-order valence-electron chi connectivity index (χ2n) is 22.5. The smallest absolute Gasteiger partial charge is 0.400 e. The summed E-state index contributed by atoms with van der Waals surface area (Å²) in [6.07, 6.45) is -0.187. The Morgan fingerprint density at radius 3 is 1.35 bits per heavy atom. The van der Waals surface area contributed by atoms with Gasteiger partial charge in [-0.1, -0.05) is 109 Å². The predicted molar refractivity (Wildman–Crippen MR) is 314 cm³/mol. The van der Waals surface area contributed by atoms with Crippen LogP contribution < -0.4 is 0 Å². The highest BCUT2D eigenvalue weighted by Crippen LogP contribution is 2.56. The van der Waals surface area contributed by atoms with Gasteiger partial charge in [0.05, 0.1) is 94.6 Å². The van der Waals surface area contributed by atoms with Crippen LogP contribution in [0.5, 0.6) is 0 Å². The van der Waals surface area contributed by atoms with E-state index in [2.05, 4.69) is 58.8 Å². The number of hydrogen-bond acceptors (Lipinski definition) is 21. The summed E-state index contributed by atoms with van der Waals surface area (Å²) in [5, 5.41) is 3.50. The van der Waals surface area contributed by atoms with Crippen molar-refractivity contribution >= 4 is 37.2 Å². The molecule has 5 heterocycles. The van der Waals surface area contributed by atoms with Gasteiger partial charge in [-0.3, -0.25) is 27.1 Å². The number of phosphoric ester groups is 2. The van der Waals surface area contributed by atoms with Gasteiger partial charge in [-0.15, -0.1) is 0 Å².